The molecule has 4 atom stereocenters. The second-order valence-electron chi connectivity index (χ2n) is 13.0. The fraction of sp³-hybridized carbons (Fsp3) is 0.412. The summed E-state index contributed by atoms with van der Waals surface area (Å²) in [6, 6.07) is 9.17. The number of primary amides is 1. The smallest absolute Gasteiger partial charge is 0.401 e. The maximum atomic E-state index is 14.3. The molecule has 0 radical (unpaired) electrons. The predicted octanol–water partition coefficient (Wildman–Crippen LogP) is 3.58. The zero-order chi connectivity index (χ0) is 34.7. The van der Waals surface area contributed by atoms with E-state index in [0.29, 0.717) is 16.8 Å². The number of aliphatic hydroxyl groups excluding tert-OH is 2. The van der Waals surface area contributed by atoms with Gasteiger partial charge in [0.1, 0.15) is 17.3 Å². The Balaban J connectivity index is 1.65. The minimum Gasteiger partial charge on any atom is -0.510 e. The van der Waals surface area contributed by atoms with Gasteiger partial charge in [-0.2, -0.15) is 13.2 Å². The van der Waals surface area contributed by atoms with Crippen molar-refractivity contribution in [3.63, 3.8) is 0 Å². The molecule has 3 aliphatic rings. The lowest BCUT2D eigenvalue weighted by Crippen LogP contribution is -2.63. The summed E-state index contributed by atoms with van der Waals surface area (Å²) >= 11 is 0. The van der Waals surface area contributed by atoms with E-state index in [1.165, 1.54) is 0 Å². The van der Waals surface area contributed by atoms with Crippen LogP contribution in [0.3, 0.4) is 0 Å². The number of halogens is 3. The Morgan fingerprint density at radius 2 is 1.72 bits per heavy atom. The zero-order valence-electron chi connectivity index (χ0n) is 26.6. The minimum absolute atomic E-state index is 0.0743. The maximum Gasteiger partial charge on any atom is 0.401 e. The fourth-order valence-electron chi connectivity index (χ4n) is 7.54. The van der Waals surface area contributed by atoms with Gasteiger partial charge in [-0.05, 0) is 50.0 Å². The third-order valence-corrected chi connectivity index (χ3v) is 9.49. The first-order valence-corrected chi connectivity index (χ1v) is 15.1. The van der Waals surface area contributed by atoms with E-state index in [0.717, 1.165) is 4.90 Å². The molecule has 2 aromatic rings. The van der Waals surface area contributed by atoms with Gasteiger partial charge in [-0.3, -0.25) is 19.4 Å². The largest absolute Gasteiger partial charge is 0.510 e. The lowest BCUT2D eigenvalue weighted by molar-refractivity contribution is -0.148. The third-order valence-electron chi connectivity index (χ3n) is 9.49. The number of hydrogen-bond donors (Lipinski definition) is 5. The van der Waals surface area contributed by atoms with Crippen molar-refractivity contribution < 1.29 is 43.2 Å². The number of aromatic hydroxyl groups is 1. The molecule has 0 spiro atoms. The number of amides is 1. The van der Waals surface area contributed by atoms with Crippen molar-refractivity contribution in [2.45, 2.75) is 43.8 Å². The molecule has 10 nitrogen and oxygen atoms in total. The molecule has 0 aliphatic heterocycles. The van der Waals surface area contributed by atoms with E-state index in [2.05, 4.69) is 6.58 Å². The van der Waals surface area contributed by atoms with Crippen LogP contribution in [0.2, 0.25) is 0 Å². The van der Waals surface area contributed by atoms with Crippen LogP contribution in [-0.4, -0.2) is 94.5 Å². The number of alkyl halides is 3. The number of anilines is 1. The number of rotatable bonds is 8. The molecule has 1 fully saturated rings. The van der Waals surface area contributed by atoms with Gasteiger partial charge in [0.05, 0.1) is 23.7 Å². The Morgan fingerprint density at radius 3 is 2.28 bits per heavy atom. The highest BCUT2D eigenvalue weighted by Crippen LogP contribution is 2.55. The second-order valence-corrected chi connectivity index (χ2v) is 13.0. The van der Waals surface area contributed by atoms with E-state index < -0.39 is 76.3 Å². The molecule has 0 saturated heterocycles. The van der Waals surface area contributed by atoms with E-state index >= 15 is 0 Å². The first-order chi connectivity index (χ1) is 21.9. The first-order valence-electron chi connectivity index (χ1n) is 15.1. The van der Waals surface area contributed by atoms with Crippen molar-refractivity contribution in [1.82, 2.24) is 9.80 Å². The molecular formula is C34H39F3N4O6. The van der Waals surface area contributed by atoms with Crippen molar-refractivity contribution in [2.24, 2.45) is 17.6 Å². The number of benzene rings is 2. The summed E-state index contributed by atoms with van der Waals surface area (Å²) in [6.07, 6.45) is -4.34. The van der Waals surface area contributed by atoms with Crippen molar-refractivity contribution in [2.75, 3.05) is 39.6 Å². The Hall–Kier alpha value is -4.33. The van der Waals surface area contributed by atoms with Crippen molar-refractivity contribution in [3.8, 4) is 5.75 Å². The number of Topliss-reactive ketones (excluding diaryl/α,β-unsaturated/α-hetero) is 1. The van der Waals surface area contributed by atoms with E-state index in [9.17, 15) is 43.2 Å². The maximum absolute atomic E-state index is 14.3. The monoisotopic (exact) mass is 656 g/mol. The van der Waals surface area contributed by atoms with Gasteiger partial charge in [0.2, 0.25) is 0 Å². The normalized spacial score (nSPS) is 24.4. The van der Waals surface area contributed by atoms with Crippen LogP contribution in [0.4, 0.5) is 18.9 Å². The molecule has 1 saturated carbocycles. The zero-order valence-corrected chi connectivity index (χ0v) is 26.6. The first kappa shape index (κ1) is 34.0. The lowest BCUT2D eigenvalue weighted by atomic mass is 9.56. The molecule has 252 valence electrons. The number of likely N-dealkylation sites (N-methyl/N-ethyl adjacent to an activating group) is 1. The van der Waals surface area contributed by atoms with E-state index in [1.807, 2.05) is 0 Å². The highest BCUT2D eigenvalue weighted by molar-refractivity contribution is 6.14. The summed E-state index contributed by atoms with van der Waals surface area (Å²) in [4.78, 5) is 31.1. The van der Waals surface area contributed by atoms with Gasteiger partial charge in [0.15, 0.2) is 11.4 Å². The second kappa shape index (κ2) is 12.0. The number of ketones is 1. The average Bonchev–Trinajstić information content (AvgIpc) is 2.95. The Bertz CT molecular complexity index is 1700. The molecule has 0 bridgehead atoms. The number of fused-ring (bicyclic) bond motifs is 3. The van der Waals surface area contributed by atoms with Crippen molar-refractivity contribution in [3.05, 3.63) is 87.7 Å². The SMILES string of the molecule is C=C1C(C(N)=O)=C(O)[C@@H](N(C)C)[C@@H]2CC3Cc4c(N(C)C)cc(CN(Cc5ccccc5)CC(F)(F)F)c(O)c4C(O)=C3C(=O)[C@]12O. The van der Waals surface area contributed by atoms with Crippen LogP contribution >= 0.6 is 0 Å². The van der Waals surface area contributed by atoms with Crippen LogP contribution in [0.1, 0.15) is 28.7 Å². The van der Waals surface area contributed by atoms with Gasteiger partial charge in [0.25, 0.3) is 5.91 Å². The van der Waals surface area contributed by atoms with Gasteiger partial charge in [-0.15, -0.1) is 0 Å². The number of phenols is 1. The molecular weight excluding hydrogens is 617 g/mol. The standard InChI is InChI=1S/C34H39F3N4O6/c1-17-24(32(38)46)30(44)27(40(4)5)22-12-19-11-21-23(39(2)3)13-20(28(42)26(21)29(43)25(19)31(45)34(17,22)47)15-41(16-33(35,36)37)14-18-9-7-6-8-10-18/h6-10,13,19,22,27,42-44,47H,1,11-12,14-16H2,2-5H3,(H2,38,46)/t19?,22-,27-,34-/m0/s1. The van der Waals surface area contributed by atoms with Gasteiger partial charge in [-0.25, -0.2) is 0 Å². The van der Waals surface area contributed by atoms with Gasteiger partial charge in [-0.1, -0.05) is 36.9 Å². The molecule has 47 heavy (non-hydrogen) atoms. The van der Waals surface area contributed by atoms with Gasteiger partial charge in [0, 0.05) is 55.5 Å². The molecule has 0 heterocycles. The summed E-state index contributed by atoms with van der Waals surface area (Å²) < 4.78 is 41.1. The Kier molecular flexibility index (Phi) is 8.71. The highest BCUT2D eigenvalue weighted by Gasteiger charge is 2.62. The number of aliphatic hydroxyl groups is 3. The summed E-state index contributed by atoms with van der Waals surface area (Å²) in [5, 5.41) is 46.5. The van der Waals surface area contributed by atoms with E-state index in [1.54, 1.807) is 74.4 Å². The van der Waals surface area contributed by atoms with E-state index in [4.69, 9.17) is 5.73 Å². The van der Waals surface area contributed by atoms with Crippen LogP contribution in [0, 0.1) is 11.8 Å². The van der Waals surface area contributed by atoms with E-state index in [-0.39, 0.29) is 42.6 Å². The fourth-order valence-corrected chi connectivity index (χ4v) is 7.54. The van der Waals surface area contributed by atoms with Gasteiger partial charge >= 0.3 is 6.18 Å². The van der Waals surface area contributed by atoms with Gasteiger partial charge < -0.3 is 31.1 Å². The number of carbonyl (C=O) groups excluding carboxylic acids is 2. The molecule has 6 N–H and O–H groups in total. The number of nitrogens with zero attached hydrogens (tertiary/aromatic N) is 3. The van der Waals surface area contributed by atoms with Crippen LogP contribution in [0.15, 0.2) is 65.5 Å². The predicted molar refractivity (Wildman–Crippen MR) is 169 cm³/mol. The number of nitrogens with two attached hydrogens (primary N) is 1. The summed E-state index contributed by atoms with van der Waals surface area (Å²) in [5.74, 6) is -5.22. The molecule has 1 amide bonds. The molecule has 13 heteroatoms. The Labute approximate surface area is 270 Å². The average molecular weight is 657 g/mol. The highest BCUT2D eigenvalue weighted by atomic mass is 19.4. The van der Waals surface area contributed by atoms with Crippen LogP contribution in [0.25, 0.3) is 5.76 Å². The van der Waals surface area contributed by atoms with Crippen LogP contribution in [0.5, 0.6) is 5.75 Å². The lowest BCUT2D eigenvalue weighted by Gasteiger charge is -2.52. The van der Waals surface area contributed by atoms with Crippen molar-refractivity contribution in [1.29, 1.82) is 0 Å². The molecule has 2 aromatic carbocycles. The quantitative estimate of drug-likeness (QED) is 0.287. The van der Waals surface area contributed by atoms with Crippen molar-refractivity contribution >= 4 is 23.1 Å². The molecule has 3 aliphatic carbocycles. The third kappa shape index (κ3) is 5.76. The van der Waals surface area contributed by atoms with Crippen LogP contribution in [-0.2, 0) is 29.1 Å². The number of carbonyl (C=O) groups is 2. The number of hydrogen-bond acceptors (Lipinski definition) is 9. The van der Waals surface area contributed by atoms with Crippen LogP contribution < -0.4 is 10.6 Å². The summed E-state index contributed by atoms with van der Waals surface area (Å²) in [7, 11) is 6.66. The summed E-state index contributed by atoms with van der Waals surface area (Å²) in [6.45, 7) is 2.09. The molecule has 1 unspecified atom stereocenters. The number of phenolic OH excluding ortho intramolecular Hbond substituents is 1. The summed E-state index contributed by atoms with van der Waals surface area (Å²) in [5.41, 5.74) is 3.64. The minimum atomic E-state index is -4.54. The Morgan fingerprint density at radius 1 is 1.09 bits per heavy atom. The molecule has 0 aromatic heterocycles. The topological polar surface area (TPSA) is 151 Å². The molecule has 5 rings (SSSR count).